The molecule has 1 saturated heterocycles. The van der Waals surface area contributed by atoms with Gasteiger partial charge in [0, 0.05) is 42.1 Å². The Balaban J connectivity index is 1.19. The number of rotatable bonds is 4. The minimum atomic E-state index is -0.0582. The standard InChI is InChI=1S/C23H20ClN5OS/c24-17-7-5-16(6-8-17)21-15-31-22(27-21)14-28-9-11-29(12-10-28)23(30)20-13-25-18-3-1-2-4-19(18)26-20/h1-8,13,15H,9-12,14H2. The largest absolute Gasteiger partial charge is 0.335 e. The van der Waals surface area contributed by atoms with Crippen LogP contribution in [0.25, 0.3) is 22.3 Å². The van der Waals surface area contributed by atoms with E-state index in [0.29, 0.717) is 18.8 Å². The molecule has 2 aromatic carbocycles. The van der Waals surface area contributed by atoms with Gasteiger partial charge in [0.15, 0.2) is 0 Å². The van der Waals surface area contributed by atoms with Crippen LogP contribution in [0.5, 0.6) is 0 Å². The van der Waals surface area contributed by atoms with Gasteiger partial charge < -0.3 is 4.90 Å². The number of aromatic nitrogens is 3. The van der Waals surface area contributed by atoms with E-state index in [-0.39, 0.29) is 5.91 Å². The van der Waals surface area contributed by atoms with Crippen LogP contribution < -0.4 is 0 Å². The Hall–Kier alpha value is -2.87. The molecule has 8 heteroatoms. The third-order valence-corrected chi connectivity index (χ3v) is 6.46. The molecule has 0 aliphatic carbocycles. The molecule has 156 valence electrons. The number of thiazole rings is 1. The molecule has 1 fully saturated rings. The first-order valence-corrected chi connectivity index (χ1v) is 11.4. The van der Waals surface area contributed by atoms with Crippen LogP contribution in [0.3, 0.4) is 0 Å². The first-order valence-electron chi connectivity index (χ1n) is 10.1. The molecule has 1 aliphatic rings. The SMILES string of the molecule is O=C(c1cnc2ccccc2n1)N1CCN(Cc2nc(-c3ccc(Cl)cc3)cs2)CC1. The number of piperazine rings is 1. The maximum absolute atomic E-state index is 12.9. The predicted octanol–water partition coefficient (Wildman–Crippen LogP) is 4.36. The third-order valence-electron chi connectivity index (χ3n) is 5.38. The Morgan fingerprint density at radius 2 is 1.71 bits per heavy atom. The van der Waals surface area contributed by atoms with Gasteiger partial charge in [-0.25, -0.2) is 9.97 Å². The number of halogens is 1. The van der Waals surface area contributed by atoms with E-state index >= 15 is 0 Å². The molecule has 6 nitrogen and oxygen atoms in total. The van der Waals surface area contributed by atoms with E-state index in [2.05, 4.69) is 20.2 Å². The highest BCUT2D eigenvalue weighted by Crippen LogP contribution is 2.24. The summed E-state index contributed by atoms with van der Waals surface area (Å²) in [5.41, 5.74) is 3.98. The number of benzene rings is 2. The Kier molecular flexibility index (Phi) is 5.63. The van der Waals surface area contributed by atoms with Crippen LogP contribution in [-0.2, 0) is 6.54 Å². The zero-order chi connectivity index (χ0) is 21.2. The molecule has 0 bridgehead atoms. The molecule has 0 N–H and O–H groups in total. The topological polar surface area (TPSA) is 62.2 Å². The first kappa shape index (κ1) is 20.1. The Bertz CT molecular complexity index is 1220. The maximum atomic E-state index is 12.9. The Morgan fingerprint density at radius 1 is 0.968 bits per heavy atom. The molecule has 0 saturated carbocycles. The molecule has 2 aromatic heterocycles. The second-order valence-electron chi connectivity index (χ2n) is 7.45. The summed E-state index contributed by atoms with van der Waals surface area (Å²) in [6.45, 7) is 3.74. The van der Waals surface area contributed by atoms with Crippen molar-refractivity contribution in [1.82, 2.24) is 24.8 Å². The van der Waals surface area contributed by atoms with Gasteiger partial charge in [-0.3, -0.25) is 14.7 Å². The summed E-state index contributed by atoms with van der Waals surface area (Å²) in [6, 6.07) is 15.3. The van der Waals surface area contributed by atoms with Crippen LogP contribution >= 0.6 is 22.9 Å². The third kappa shape index (κ3) is 4.44. The molecule has 4 aromatic rings. The summed E-state index contributed by atoms with van der Waals surface area (Å²) >= 11 is 7.63. The number of carbonyl (C=O) groups is 1. The van der Waals surface area contributed by atoms with Crippen molar-refractivity contribution in [3.8, 4) is 11.3 Å². The van der Waals surface area contributed by atoms with Crippen LogP contribution in [0, 0.1) is 0 Å². The lowest BCUT2D eigenvalue weighted by Crippen LogP contribution is -2.48. The lowest BCUT2D eigenvalue weighted by Gasteiger charge is -2.34. The average molecular weight is 450 g/mol. The molecule has 0 spiro atoms. The number of hydrogen-bond donors (Lipinski definition) is 0. The summed E-state index contributed by atoms with van der Waals surface area (Å²) in [5, 5.41) is 3.88. The fourth-order valence-electron chi connectivity index (χ4n) is 3.66. The van der Waals surface area contributed by atoms with Crippen LogP contribution in [0.15, 0.2) is 60.1 Å². The molecule has 5 rings (SSSR count). The van der Waals surface area contributed by atoms with Crippen molar-refractivity contribution in [3.05, 3.63) is 75.8 Å². The van der Waals surface area contributed by atoms with E-state index in [1.165, 1.54) is 0 Å². The number of amides is 1. The molecular formula is C23H20ClN5OS. The fraction of sp³-hybridized carbons (Fsp3) is 0.217. The van der Waals surface area contributed by atoms with Crippen LogP contribution in [0.1, 0.15) is 15.5 Å². The maximum Gasteiger partial charge on any atom is 0.274 e. The predicted molar refractivity (Wildman–Crippen MR) is 123 cm³/mol. The van der Waals surface area contributed by atoms with Gasteiger partial charge in [0.1, 0.15) is 10.7 Å². The van der Waals surface area contributed by atoms with E-state index in [4.69, 9.17) is 16.6 Å². The van der Waals surface area contributed by atoms with Gasteiger partial charge in [-0.1, -0.05) is 35.9 Å². The molecule has 0 unspecified atom stereocenters. The van der Waals surface area contributed by atoms with Crippen LogP contribution in [0.4, 0.5) is 0 Å². The number of para-hydroxylation sites is 2. The van der Waals surface area contributed by atoms with Crippen molar-refractivity contribution >= 4 is 39.9 Å². The first-order chi connectivity index (χ1) is 15.2. The zero-order valence-electron chi connectivity index (χ0n) is 16.7. The van der Waals surface area contributed by atoms with Crippen molar-refractivity contribution in [2.45, 2.75) is 6.54 Å². The van der Waals surface area contributed by atoms with Gasteiger partial charge >= 0.3 is 0 Å². The monoisotopic (exact) mass is 449 g/mol. The minimum Gasteiger partial charge on any atom is -0.335 e. The number of hydrogen-bond acceptors (Lipinski definition) is 6. The number of carbonyl (C=O) groups excluding carboxylic acids is 1. The molecular weight excluding hydrogens is 430 g/mol. The summed E-state index contributed by atoms with van der Waals surface area (Å²) in [5.74, 6) is -0.0582. The van der Waals surface area contributed by atoms with Crippen molar-refractivity contribution < 1.29 is 4.79 Å². The normalized spacial score (nSPS) is 14.8. The second kappa shape index (κ2) is 8.70. The van der Waals surface area contributed by atoms with Crippen molar-refractivity contribution in [2.75, 3.05) is 26.2 Å². The highest BCUT2D eigenvalue weighted by atomic mass is 35.5. The van der Waals surface area contributed by atoms with Gasteiger partial charge in [-0.2, -0.15) is 0 Å². The van der Waals surface area contributed by atoms with E-state index in [0.717, 1.165) is 52.0 Å². The molecule has 0 atom stereocenters. The Morgan fingerprint density at radius 3 is 2.48 bits per heavy atom. The van der Waals surface area contributed by atoms with E-state index in [1.807, 2.05) is 53.4 Å². The molecule has 3 heterocycles. The molecule has 1 aliphatic heterocycles. The summed E-state index contributed by atoms with van der Waals surface area (Å²) in [4.78, 5) is 30.7. The fourth-order valence-corrected chi connectivity index (χ4v) is 4.63. The van der Waals surface area contributed by atoms with Gasteiger partial charge in [-0.05, 0) is 24.3 Å². The van der Waals surface area contributed by atoms with Crippen LogP contribution in [0.2, 0.25) is 5.02 Å². The summed E-state index contributed by atoms with van der Waals surface area (Å²) in [6.07, 6.45) is 1.57. The highest BCUT2D eigenvalue weighted by molar-refractivity contribution is 7.09. The smallest absolute Gasteiger partial charge is 0.274 e. The van der Waals surface area contributed by atoms with Crippen molar-refractivity contribution in [2.24, 2.45) is 0 Å². The molecule has 31 heavy (non-hydrogen) atoms. The minimum absolute atomic E-state index is 0.0582. The lowest BCUT2D eigenvalue weighted by molar-refractivity contribution is 0.0622. The molecule has 1 amide bonds. The second-order valence-corrected chi connectivity index (χ2v) is 8.82. The summed E-state index contributed by atoms with van der Waals surface area (Å²) in [7, 11) is 0. The highest BCUT2D eigenvalue weighted by Gasteiger charge is 2.24. The lowest BCUT2D eigenvalue weighted by atomic mass is 10.2. The van der Waals surface area contributed by atoms with E-state index in [9.17, 15) is 4.79 Å². The van der Waals surface area contributed by atoms with E-state index in [1.54, 1.807) is 17.5 Å². The van der Waals surface area contributed by atoms with Crippen LogP contribution in [-0.4, -0.2) is 56.8 Å². The van der Waals surface area contributed by atoms with Crippen molar-refractivity contribution in [1.29, 1.82) is 0 Å². The number of nitrogens with zero attached hydrogens (tertiary/aromatic N) is 5. The Labute approximate surface area is 189 Å². The van der Waals surface area contributed by atoms with Gasteiger partial charge in [0.25, 0.3) is 5.91 Å². The summed E-state index contributed by atoms with van der Waals surface area (Å²) < 4.78 is 0. The zero-order valence-corrected chi connectivity index (χ0v) is 18.3. The molecule has 0 radical (unpaired) electrons. The average Bonchev–Trinajstić information content (AvgIpc) is 3.27. The quantitative estimate of drug-likeness (QED) is 0.463. The van der Waals surface area contributed by atoms with Gasteiger partial charge in [0.2, 0.25) is 0 Å². The van der Waals surface area contributed by atoms with Crippen molar-refractivity contribution in [3.63, 3.8) is 0 Å². The van der Waals surface area contributed by atoms with Gasteiger partial charge in [-0.15, -0.1) is 11.3 Å². The number of fused-ring (bicyclic) bond motifs is 1. The van der Waals surface area contributed by atoms with Gasteiger partial charge in [0.05, 0.1) is 29.5 Å². The van der Waals surface area contributed by atoms with E-state index < -0.39 is 0 Å².